The molecule has 0 saturated heterocycles. The van der Waals surface area contributed by atoms with Crippen molar-refractivity contribution in [2.45, 2.75) is 52.8 Å². The fourth-order valence-corrected chi connectivity index (χ4v) is 3.02. The van der Waals surface area contributed by atoms with E-state index in [4.69, 9.17) is 27.9 Å². The van der Waals surface area contributed by atoms with Crippen LogP contribution in [0.25, 0.3) is 0 Å². The Morgan fingerprint density at radius 1 is 1.30 bits per heavy atom. The maximum atomic E-state index is 12.5. The normalized spacial score (nSPS) is 11.9. The summed E-state index contributed by atoms with van der Waals surface area (Å²) in [6, 6.07) is 7.20. The van der Waals surface area contributed by atoms with Crippen molar-refractivity contribution >= 4 is 35.1 Å². The van der Waals surface area contributed by atoms with Crippen molar-refractivity contribution in [3.05, 3.63) is 51.3 Å². The third-order valence-corrected chi connectivity index (χ3v) is 4.81. The van der Waals surface area contributed by atoms with E-state index in [-0.39, 0.29) is 17.3 Å². The molecular weight excluding hydrogens is 389 g/mol. The highest BCUT2D eigenvalue weighted by Crippen LogP contribution is 2.22. The number of nitrogens with zero attached hydrogens (tertiary/aromatic N) is 2. The van der Waals surface area contributed by atoms with Crippen LogP contribution in [0.3, 0.4) is 0 Å². The molecule has 0 spiro atoms. The smallest absolute Gasteiger partial charge is 0.343 e. The number of hydrogen-bond donors (Lipinski definition) is 1. The number of aryl methyl sites for hydroxylation is 2. The second-order valence-electron chi connectivity index (χ2n) is 6.18. The van der Waals surface area contributed by atoms with Crippen LogP contribution in [0, 0.1) is 6.92 Å². The highest BCUT2D eigenvalue weighted by atomic mass is 35.5. The minimum absolute atomic E-state index is 0.193. The van der Waals surface area contributed by atoms with Crippen LogP contribution in [0.5, 0.6) is 0 Å². The van der Waals surface area contributed by atoms with Gasteiger partial charge >= 0.3 is 5.97 Å². The Bertz CT molecular complexity index is 821. The molecular formula is C19H23Cl2N3O3. The van der Waals surface area contributed by atoms with Crippen molar-refractivity contribution in [3.8, 4) is 0 Å². The summed E-state index contributed by atoms with van der Waals surface area (Å²) >= 11 is 12.3. The number of rotatable bonds is 8. The first-order valence-electron chi connectivity index (χ1n) is 8.80. The first-order valence-corrected chi connectivity index (χ1v) is 9.55. The Labute approximate surface area is 168 Å². The summed E-state index contributed by atoms with van der Waals surface area (Å²) in [6.45, 7) is 6.12. The number of carbonyl (C=O) groups is 2. The molecule has 0 aliphatic rings. The summed E-state index contributed by atoms with van der Waals surface area (Å²) in [6.07, 6.45) is 0.905. The summed E-state index contributed by atoms with van der Waals surface area (Å²) < 4.78 is 6.86. The highest BCUT2D eigenvalue weighted by Gasteiger charge is 2.25. The molecule has 146 valence electrons. The number of carbonyl (C=O) groups excluding carboxylic acids is 2. The number of esters is 1. The van der Waals surface area contributed by atoms with Gasteiger partial charge in [-0.1, -0.05) is 54.7 Å². The second-order valence-corrected chi connectivity index (χ2v) is 6.95. The molecule has 1 amide bonds. The fraction of sp³-hybridized carbons (Fsp3) is 0.421. The van der Waals surface area contributed by atoms with Gasteiger partial charge in [0.1, 0.15) is 10.7 Å². The van der Waals surface area contributed by atoms with Gasteiger partial charge in [-0.05, 0) is 31.9 Å². The topological polar surface area (TPSA) is 73.2 Å². The molecule has 0 aliphatic carbocycles. The minimum Gasteiger partial charge on any atom is -0.449 e. The lowest BCUT2D eigenvalue weighted by atomic mass is 10.2. The second kappa shape index (κ2) is 9.76. The summed E-state index contributed by atoms with van der Waals surface area (Å²) in [4.78, 5) is 24.7. The zero-order chi connectivity index (χ0) is 20.0. The summed E-state index contributed by atoms with van der Waals surface area (Å²) in [5.74, 6) is -1.09. The van der Waals surface area contributed by atoms with E-state index in [2.05, 4.69) is 17.3 Å². The van der Waals surface area contributed by atoms with Crippen molar-refractivity contribution in [3.63, 3.8) is 0 Å². The number of aromatic nitrogens is 2. The summed E-state index contributed by atoms with van der Waals surface area (Å²) in [5, 5.41) is 7.77. The van der Waals surface area contributed by atoms with Gasteiger partial charge in [-0.2, -0.15) is 5.10 Å². The Hall–Kier alpha value is -2.05. The van der Waals surface area contributed by atoms with Gasteiger partial charge in [-0.25, -0.2) is 4.79 Å². The van der Waals surface area contributed by atoms with Gasteiger partial charge in [0.05, 0.1) is 5.69 Å². The van der Waals surface area contributed by atoms with Crippen molar-refractivity contribution in [2.75, 3.05) is 0 Å². The monoisotopic (exact) mass is 411 g/mol. The van der Waals surface area contributed by atoms with Gasteiger partial charge in [0.25, 0.3) is 5.91 Å². The van der Waals surface area contributed by atoms with Crippen molar-refractivity contribution in [1.82, 2.24) is 15.1 Å². The number of halogens is 2. The van der Waals surface area contributed by atoms with Crippen LogP contribution < -0.4 is 5.32 Å². The Morgan fingerprint density at radius 3 is 2.67 bits per heavy atom. The maximum Gasteiger partial charge on any atom is 0.343 e. The predicted octanol–water partition coefficient (Wildman–Crippen LogP) is 4.16. The molecule has 8 heteroatoms. The van der Waals surface area contributed by atoms with E-state index in [1.54, 1.807) is 17.7 Å². The van der Waals surface area contributed by atoms with Gasteiger partial charge in [-0.3, -0.25) is 9.48 Å². The van der Waals surface area contributed by atoms with Crippen LogP contribution in [0.1, 0.15) is 48.3 Å². The van der Waals surface area contributed by atoms with Gasteiger partial charge in [0, 0.05) is 18.1 Å². The van der Waals surface area contributed by atoms with E-state index in [0.717, 1.165) is 18.4 Å². The van der Waals surface area contributed by atoms with Crippen LogP contribution in [0.4, 0.5) is 0 Å². The average Bonchev–Trinajstić information content (AvgIpc) is 2.92. The first-order chi connectivity index (χ1) is 12.8. The van der Waals surface area contributed by atoms with E-state index in [1.165, 1.54) is 6.92 Å². The van der Waals surface area contributed by atoms with E-state index >= 15 is 0 Å². The van der Waals surface area contributed by atoms with Crippen LogP contribution in [-0.4, -0.2) is 27.8 Å². The number of amides is 1. The molecule has 0 fully saturated rings. The van der Waals surface area contributed by atoms with Crippen LogP contribution in [-0.2, 0) is 22.6 Å². The fourth-order valence-electron chi connectivity index (χ4n) is 2.48. The van der Waals surface area contributed by atoms with Gasteiger partial charge in [0.2, 0.25) is 0 Å². The third kappa shape index (κ3) is 5.47. The Balaban J connectivity index is 1.97. The lowest BCUT2D eigenvalue weighted by molar-refractivity contribution is -0.129. The third-order valence-electron chi connectivity index (χ3n) is 4.06. The molecule has 2 aromatic rings. The molecule has 1 atom stereocenters. The van der Waals surface area contributed by atoms with Crippen LogP contribution in [0.2, 0.25) is 10.2 Å². The Kier molecular flexibility index (Phi) is 7.68. The molecule has 0 saturated carbocycles. The van der Waals surface area contributed by atoms with Crippen LogP contribution >= 0.6 is 23.2 Å². The standard InChI is InChI=1S/C19H23Cl2N3O3/c1-4-5-10-24-17(21)16(12(2)23-24)19(26)27-13(3)18(25)22-11-14-8-6-7-9-15(14)20/h6-9,13H,4-5,10-11H2,1-3H3,(H,22,25)/t13-/m1/s1. The molecule has 1 aromatic heterocycles. The molecule has 0 aliphatic heterocycles. The molecule has 2 rings (SSSR count). The van der Waals surface area contributed by atoms with Gasteiger partial charge < -0.3 is 10.1 Å². The van der Waals surface area contributed by atoms with Gasteiger partial charge in [0.15, 0.2) is 6.10 Å². The molecule has 27 heavy (non-hydrogen) atoms. The Morgan fingerprint density at radius 2 is 2.00 bits per heavy atom. The van der Waals surface area contributed by atoms with Crippen molar-refractivity contribution in [1.29, 1.82) is 0 Å². The SMILES string of the molecule is CCCCn1nc(C)c(C(=O)O[C@H](C)C(=O)NCc2ccccc2Cl)c1Cl. The zero-order valence-electron chi connectivity index (χ0n) is 15.6. The number of ether oxygens (including phenoxy) is 1. The molecule has 1 aromatic carbocycles. The van der Waals surface area contributed by atoms with Gasteiger partial charge in [-0.15, -0.1) is 0 Å². The molecule has 1 heterocycles. The summed E-state index contributed by atoms with van der Waals surface area (Å²) in [5.41, 5.74) is 1.45. The quantitative estimate of drug-likeness (QED) is 0.661. The number of nitrogens with one attached hydrogen (secondary N) is 1. The predicted molar refractivity (Wildman–Crippen MR) is 105 cm³/mol. The van der Waals surface area contributed by atoms with Crippen LogP contribution in [0.15, 0.2) is 24.3 Å². The minimum atomic E-state index is -0.977. The van der Waals surface area contributed by atoms with E-state index in [9.17, 15) is 9.59 Å². The zero-order valence-corrected chi connectivity index (χ0v) is 17.1. The van der Waals surface area contributed by atoms with E-state index in [1.807, 2.05) is 18.2 Å². The molecule has 6 nitrogen and oxygen atoms in total. The average molecular weight is 412 g/mol. The highest BCUT2D eigenvalue weighted by molar-refractivity contribution is 6.32. The first kappa shape index (κ1) is 21.3. The molecule has 1 N–H and O–H groups in total. The van der Waals surface area contributed by atoms with Crippen molar-refractivity contribution in [2.24, 2.45) is 0 Å². The lowest BCUT2D eigenvalue weighted by Gasteiger charge is -2.14. The number of unbranched alkanes of at least 4 members (excludes halogenated alkanes) is 1. The summed E-state index contributed by atoms with van der Waals surface area (Å²) in [7, 11) is 0. The number of benzene rings is 1. The largest absolute Gasteiger partial charge is 0.449 e. The van der Waals surface area contributed by atoms with Crippen molar-refractivity contribution < 1.29 is 14.3 Å². The van der Waals surface area contributed by atoms with E-state index in [0.29, 0.717) is 17.3 Å². The molecule has 0 bridgehead atoms. The van der Waals surface area contributed by atoms with E-state index < -0.39 is 18.0 Å². The number of hydrogen-bond acceptors (Lipinski definition) is 4. The molecule has 0 unspecified atom stereocenters. The maximum absolute atomic E-state index is 12.5. The molecule has 0 radical (unpaired) electrons. The lowest BCUT2D eigenvalue weighted by Crippen LogP contribution is -2.35.